The summed E-state index contributed by atoms with van der Waals surface area (Å²) in [4.78, 5) is -0.886. The predicted octanol–water partition coefficient (Wildman–Crippen LogP) is 1.50. The van der Waals surface area contributed by atoms with Crippen molar-refractivity contribution in [2.45, 2.75) is 24.3 Å². The van der Waals surface area contributed by atoms with Crippen LogP contribution in [0, 0.1) is 23.4 Å². The Morgan fingerprint density at radius 1 is 1.30 bits per heavy atom. The Labute approximate surface area is 114 Å². The molecule has 0 radical (unpaired) electrons. The van der Waals surface area contributed by atoms with Crippen LogP contribution in [0.4, 0.5) is 13.2 Å². The lowest BCUT2D eigenvalue weighted by atomic mass is 10.0. The first-order valence-electron chi connectivity index (χ1n) is 6.07. The molecule has 1 aliphatic rings. The van der Waals surface area contributed by atoms with E-state index >= 15 is 0 Å². The minimum Gasteiger partial charge on any atom is -0.393 e. The SMILES string of the molecule is CC(O)C1CCN(S(=O)(=O)c2ccc(F)c(F)c2F)C1. The molecule has 1 fully saturated rings. The molecular formula is C12H14F3NO3S. The fraction of sp³-hybridized carbons (Fsp3) is 0.500. The van der Waals surface area contributed by atoms with Crippen molar-refractivity contribution >= 4 is 10.0 Å². The van der Waals surface area contributed by atoms with Crippen molar-refractivity contribution in [1.29, 1.82) is 0 Å². The molecule has 1 aromatic carbocycles. The number of sulfonamides is 1. The van der Waals surface area contributed by atoms with E-state index in [1.165, 1.54) is 0 Å². The molecule has 112 valence electrons. The molecule has 1 aromatic rings. The lowest BCUT2D eigenvalue weighted by molar-refractivity contribution is 0.133. The van der Waals surface area contributed by atoms with Gasteiger partial charge < -0.3 is 5.11 Å². The van der Waals surface area contributed by atoms with E-state index in [4.69, 9.17) is 0 Å². The maximum atomic E-state index is 13.6. The molecule has 2 rings (SSSR count). The van der Waals surface area contributed by atoms with E-state index < -0.39 is 38.5 Å². The van der Waals surface area contributed by atoms with Crippen LogP contribution in [0.15, 0.2) is 17.0 Å². The Morgan fingerprint density at radius 3 is 2.50 bits per heavy atom. The standard InChI is InChI=1S/C12H14F3NO3S/c1-7(17)8-4-5-16(6-8)20(18,19)10-3-2-9(13)11(14)12(10)15/h2-3,7-8,17H,4-6H2,1H3. The average Bonchev–Trinajstić information content (AvgIpc) is 2.86. The summed E-state index contributed by atoms with van der Waals surface area (Å²) in [5.41, 5.74) is 0. The van der Waals surface area contributed by atoms with Crippen LogP contribution in [-0.2, 0) is 10.0 Å². The summed E-state index contributed by atoms with van der Waals surface area (Å²) in [6.07, 6.45) is -0.257. The van der Waals surface area contributed by atoms with Crippen molar-refractivity contribution in [2.75, 3.05) is 13.1 Å². The van der Waals surface area contributed by atoms with Crippen molar-refractivity contribution in [2.24, 2.45) is 5.92 Å². The summed E-state index contributed by atoms with van der Waals surface area (Å²) in [5, 5.41) is 9.44. The molecule has 0 amide bonds. The van der Waals surface area contributed by atoms with E-state index in [0.717, 1.165) is 4.31 Å². The van der Waals surface area contributed by atoms with E-state index in [1.807, 2.05) is 0 Å². The highest BCUT2D eigenvalue weighted by atomic mass is 32.2. The number of hydrogen-bond donors (Lipinski definition) is 1. The van der Waals surface area contributed by atoms with E-state index in [-0.39, 0.29) is 19.0 Å². The van der Waals surface area contributed by atoms with Gasteiger partial charge in [0.05, 0.1) is 6.10 Å². The highest BCUT2D eigenvalue weighted by Gasteiger charge is 2.36. The quantitative estimate of drug-likeness (QED) is 0.861. The molecule has 2 unspecified atom stereocenters. The molecular weight excluding hydrogens is 295 g/mol. The van der Waals surface area contributed by atoms with Gasteiger partial charge in [-0.2, -0.15) is 4.31 Å². The zero-order chi connectivity index (χ0) is 15.1. The van der Waals surface area contributed by atoms with Gasteiger partial charge in [0.15, 0.2) is 17.5 Å². The predicted molar refractivity (Wildman–Crippen MR) is 64.9 cm³/mol. The van der Waals surface area contributed by atoms with Gasteiger partial charge in [0.1, 0.15) is 4.90 Å². The molecule has 0 bridgehead atoms. The average molecular weight is 309 g/mol. The smallest absolute Gasteiger partial charge is 0.246 e. The fourth-order valence-corrected chi connectivity index (χ4v) is 3.78. The number of benzene rings is 1. The Morgan fingerprint density at radius 2 is 1.95 bits per heavy atom. The summed E-state index contributed by atoms with van der Waals surface area (Å²) < 4.78 is 65.0. The molecule has 8 heteroatoms. The van der Waals surface area contributed by atoms with Gasteiger partial charge in [-0.15, -0.1) is 0 Å². The first-order valence-corrected chi connectivity index (χ1v) is 7.51. The van der Waals surface area contributed by atoms with Gasteiger partial charge in [0, 0.05) is 13.1 Å². The molecule has 1 heterocycles. The maximum absolute atomic E-state index is 13.6. The van der Waals surface area contributed by atoms with E-state index in [2.05, 4.69) is 0 Å². The molecule has 0 aromatic heterocycles. The Balaban J connectivity index is 2.35. The van der Waals surface area contributed by atoms with Crippen LogP contribution in [0.2, 0.25) is 0 Å². The maximum Gasteiger partial charge on any atom is 0.246 e. The van der Waals surface area contributed by atoms with Gasteiger partial charge in [0.25, 0.3) is 0 Å². The molecule has 20 heavy (non-hydrogen) atoms. The molecule has 0 aliphatic carbocycles. The van der Waals surface area contributed by atoms with Gasteiger partial charge in [0.2, 0.25) is 10.0 Å². The molecule has 0 saturated carbocycles. The summed E-state index contributed by atoms with van der Waals surface area (Å²) in [5.74, 6) is -5.22. The molecule has 1 saturated heterocycles. The first kappa shape index (κ1) is 15.3. The Kier molecular flexibility index (Phi) is 4.08. The van der Waals surface area contributed by atoms with Gasteiger partial charge in [-0.1, -0.05) is 0 Å². The van der Waals surface area contributed by atoms with Crippen molar-refractivity contribution in [3.63, 3.8) is 0 Å². The summed E-state index contributed by atoms with van der Waals surface area (Å²) in [6.45, 7) is 1.67. The van der Waals surface area contributed by atoms with Gasteiger partial charge in [-0.05, 0) is 31.4 Å². The van der Waals surface area contributed by atoms with E-state index in [9.17, 15) is 26.7 Å². The number of halogens is 3. The highest BCUT2D eigenvalue weighted by molar-refractivity contribution is 7.89. The second-order valence-electron chi connectivity index (χ2n) is 4.83. The van der Waals surface area contributed by atoms with Crippen molar-refractivity contribution < 1.29 is 26.7 Å². The van der Waals surface area contributed by atoms with Crippen LogP contribution >= 0.6 is 0 Å². The van der Waals surface area contributed by atoms with Crippen LogP contribution < -0.4 is 0 Å². The molecule has 2 atom stereocenters. The zero-order valence-corrected chi connectivity index (χ0v) is 11.5. The summed E-state index contributed by atoms with van der Waals surface area (Å²) in [7, 11) is -4.23. The largest absolute Gasteiger partial charge is 0.393 e. The molecule has 0 spiro atoms. The van der Waals surface area contributed by atoms with Crippen molar-refractivity contribution in [1.82, 2.24) is 4.31 Å². The van der Waals surface area contributed by atoms with Crippen LogP contribution in [-0.4, -0.2) is 37.0 Å². The summed E-state index contributed by atoms with van der Waals surface area (Å²) >= 11 is 0. The zero-order valence-electron chi connectivity index (χ0n) is 10.7. The molecule has 1 N–H and O–H groups in total. The summed E-state index contributed by atoms with van der Waals surface area (Å²) in [6, 6.07) is 1.28. The molecule has 1 aliphatic heterocycles. The topological polar surface area (TPSA) is 57.6 Å². The van der Waals surface area contributed by atoms with Crippen molar-refractivity contribution in [3.8, 4) is 0 Å². The van der Waals surface area contributed by atoms with Gasteiger partial charge in [-0.25, -0.2) is 21.6 Å². The second kappa shape index (κ2) is 5.34. The van der Waals surface area contributed by atoms with Gasteiger partial charge in [-0.3, -0.25) is 0 Å². The third-order valence-electron chi connectivity index (χ3n) is 3.49. The lowest BCUT2D eigenvalue weighted by Crippen LogP contribution is -2.31. The monoisotopic (exact) mass is 309 g/mol. The van der Waals surface area contributed by atoms with Crippen LogP contribution in [0.3, 0.4) is 0 Å². The highest BCUT2D eigenvalue weighted by Crippen LogP contribution is 2.28. The van der Waals surface area contributed by atoms with Crippen LogP contribution in [0.1, 0.15) is 13.3 Å². The van der Waals surface area contributed by atoms with E-state index in [0.29, 0.717) is 18.6 Å². The third kappa shape index (κ3) is 2.55. The Bertz CT molecular complexity index is 619. The van der Waals surface area contributed by atoms with Gasteiger partial charge >= 0.3 is 0 Å². The van der Waals surface area contributed by atoms with Crippen molar-refractivity contribution in [3.05, 3.63) is 29.6 Å². The lowest BCUT2D eigenvalue weighted by Gasteiger charge is -2.18. The van der Waals surface area contributed by atoms with Crippen LogP contribution in [0.25, 0.3) is 0 Å². The number of nitrogens with zero attached hydrogens (tertiary/aromatic N) is 1. The van der Waals surface area contributed by atoms with E-state index in [1.54, 1.807) is 6.92 Å². The minimum atomic E-state index is -4.23. The minimum absolute atomic E-state index is 0.0262. The normalized spacial score (nSPS) is 22.1. The number of aliphatic hydroxyl groups excluding tert-OH is 1. The third-order valence-corrected chi connectivity index (χ3v) is 5.37. The van der Waals surface area contributed by atoms with Crippen LogP contribution in [0.5, 0.6) is 0 Å². The first-order chi connectivity index (χ1) is 9.25. The fourth-order valence-electron chi connectivity index (χ4n) is 2.21. The molecule has 4 nitrogen and oxygen atoms in total. The number of hydrogen-bond acceptors (Lipinski definition) is 3. The Hall–Kier alpha value is -1.12. The second-order valence-corrected chi connectivity index (χ2v) is 6.73. The number of rotatable bonds is 3. The number of aliphatic hydroxyl groups is 1.